The minimum absolute atomic E-state index is 0.172. The first-order chi connectivity index (χ1) is 9.39. The Bertz CT molecular complexity index is 341. The molecule has 2 unspecified atom stereocenters. The number of carbonyl (C=O) groups is 1. The fourth-order valence-corrected chi connectivity index (χ4v) is 2.90. The van der Waals surface area contributed by atoms with Gasteiger partial charge in [0.2, 0.25) is 0 Å². The van der Waals surface area contributed by atoms with Gasteiger partial charge in [0, 0.05) is 13.1 Å². The van der Waals surface area contributed by atoms with Gasteiger partial charge in [0.1, 0.15) is 5.60 Å². The predicted octanol–water partition coefficient (Wildman–Crippen LogP) is 3.82. The summed E-state index contributed by atoms with van der Waals surface area (Å²) in [6.45, 7) is 11.4. The third kappa shape index (κ3) is 4.43. The second kappa shape index (κ2) is 7.00. The number of hydrogen-bond acceptors (Lipinski definition) is 3. The van der Waals surface area contributed by atoms with E-state index in [9.17, 15) is 4.79 Å². The van der Waals surface area contributed by atoms with E-state index in [4.69, 9.17) is 9.47 Å². The van der Waals surface area contributed by atoms with E-state index >= 15 is 0 Å². The fraction of sp³-hybridized carbons (Fsp3) is 0.812. The molecule has 4 heteroatoms. The Morgan fingerprint density at radius 3 is 2.10 bits per heavy atom. The predicted molar refractivity (Wildman–Crippen MR) is 80.5 cm³/mol. The first-order valence-electron chi connectivity index (χ1n) is 7.57. The number of ether oxygens (including phenoxy) is 2. The molecule has 2 aliphatic rings. The molecular formula is C16H29NO3. The van der Waals surface area contributed by atoms with Gasteiger partial charge in [-0.05, 0) is 51.0 Å². The Balaban J connectivity index is 0.000000956. The molecule has 20 heavy (non-hydrogen) atoms. The van der Waals surface area contributed by atoms with Gasteiger partial charge in [0.15, 0.2) is 0 Å². The van der Waals surface area contributed by atoms with Gasteiger partial charge < -0.3 is 14.4 Å². The molecule has 0 aromatic heterocycles. The van der Waals surface area contributed by atoms with Gasteiger partial charge in [-0.1, -0.05) is 13.8 Å². The van der Waals surface area contributed by atoms with E-state index in [1.807, 2.05) is 45.8 Å². The lowest BCUT2D eigenvalue weighted by atomic mass is 10.0. The summed E-state index contributed by atoms with van der Waals surface area (Å²) < 4.78 is 10.5. The quantitative estimate of drug-likeness (QED) is 0.687. The number of nitrogens with zero attached hydrogens (tertiary/aromatic N) is 1. The Morgan fingerprint density at radius 2 is 1.70 bits per heavy atom. The van der Waals surface area contributed by atoms with Crippen molar-refractivity contribution in [3.8, 4) is 0 Å². The van der Waals surface area contributed by atoms with Gasteiger partial charge in [0.05, 0.1) is 13.4 Å². The third-order valence-electron chi connectivity index (χ3n) is 3.56. The fourth-order valence-electron chi connectivity index (χ4n) is 2.90. The van der Waals surface area contributed by atoms with Crippen LogP contribution in [0.1, 0.15) is 47.5 Å². The molecule has 116 valence electrons. The zero-order valence-electron chi connectivity index (χ0n) is 13.7. The van der Waals surface area contributed by atoms with Crippen LogP contribution in [0.25, 0.3) is 0 Å². The lowest BCUT2D eigenvalue weighted by molar-refractivity contribution is 0.0282. The van der Waals surface area contributed by atoms with E-state index in [0.717, 1.165) is 25.9 Å². The summed E-state index contributed by atoms with van der Waals surface area (Å²) in [7, 11) is 1.69. The molecule has 1 aliphatic carbocycles. The molecule has 1 saturated heterocycles. The van der Waals surface area contributed by atoms with Crippen molar-refractivity contribution in [2.45, 2.75) is 53.1 Å². The molecule has 0 radical (unpaired) electrons. The van der Waals surface area contributed by atoms with E-state index < -0.39 is 5.60 Å². The molecule has 4 nitrogen and oxygen atoms in total. The Morgan fingerprint density at radius 1 is 1.20 bits per heavy atom. The summed E-state index contributed by atoms with van der Waals surface area (Å²) >= 11 is 0. The molecule has 2 atom stereocenters. The average molecular weight is 283 g/mol. The van der Waals surface area contributed by atoms with Gasteiger partial charge in [-0.3, -0.25) is 0 Å². The van der Waals surface area contributed by atoms with Crippen molar-refractivity contribution in [1.29, 1.82) is 0 Å². The maximum Gasteiger partial charge on any atom is 0.410 e. The number of hydrogen-bond donors (Lipinski definition) is 0. The first kappa shape index (κ1) is 16.9. The number of amides is 1. The molecule has 0 aromatic rings. The summed E-state index contributed by atoms with van der Waals surface area (Å²) in [6, 6.07) is 0. The lowest BCUT2D eigenvalue weighted by Crippen LogP contribution is -2.35. The van der Waals surface area contributed by atoms with Crippen LogP contribution in [0.2, 0.25) is 0 Å². The smallest absolute Gasteiger partial charge is 0.410 e. The Hall–Kier alpha value is -1.19. The molecule has 0 bridgehead atoms. The first-order valence-corrected chi connectivity index (χ1v) is 7.57. The summed E-state index contributed by atoms with van der Waals surface area (Å²) in [5.74, 6) is 1.16. The highest BCUT2D eigenvalue weighted by molar-refractivity contribution is 5.68. The standard InChI is InChI=1S/C14H23NO3.C2H6/c1-14(2,3)18-13(16)15-7-11-5-10(9-17-4)6-12(11)8-15;1-2/h9,11-12H,5-8H2,1-4H3;1-2H3. The SMILES string of the molecule is CC.COC=C1CC2CN(C(=O)OC(C)(C)C)CC2C1. The van der Waals surface area contributed by atoms with Gasteiger partial charge >= 0.3 is 6.09 Å². The highest BCUT2D eigenvalue weighted by Gasteiger charge is 2.41. The van der Waals surface area contributed by atoms with Crippen molar-refractivity contribution in [3.63, 3.8) is 0 Å². The van der Waals surface area contributed by atoms with E-state index in [2.05, 4.69) is 0 Å². The van der Waals surface area contributed by atoms with Crippen molar-refractivity contribution in [2.75, 3.05) is 20.2 Å². The monoisotopic (exact) mass is 283 g/mol. The maximum atomic E-state index is 12.0. The lowest BCUT2D eigenvalue weighted by Gasteiger charge is -2.24. The summed E-state index contributed by atoms with van der Waals surface area (Å²) in [6.07, 6.45) is 3.79. The molecule has 1 aliphatic heterocycles. The maximum absolute atomic E-state index is 12.0. The van der Waals surface area contributed by atoms with Crippen LogP contribution in [0.5, 0.6) is 0 Å². The topological polar surface area (TPSA) is 38.8 Å². The Labute approximate surface area is 123 Å². The number of carbonyl (C=O) groups excluding carboxylic acids is 1. The van der Waals surface area contributed by atoms with Crippen LogP contribution in [-0.4, -0.2) is 36.8 Å². The van der Waals surface area contributed by atoms with E-state index in [-0.39, 0.29) is 6.09 Å². The Kier molecular flexibility index (Phi) is 5.90. The normalized spacial score (nSPS) is 24.7. The van der Waals surface area contributed by atoms with Crippen molar-refractivity contribution in [2.24, 2.45) is 11.8 Å². The van der Waals surface area contributed by atoms with E-state index in [1.165, 1.54) is 5.57 Å². The molecule has 1 amide bonds. The molecule has 1 heterocycles. The highest BCUT2D eigenvalue weighted by Crippen LogP contribution is 2.41. The molecule has 2 rings (SSSR count). The second-order valence-corrected chi connectivity index (χ2v) is 6.33. The van der Waals surface area contributed by atoms with Crippen molar-refractivity contribution in [3.05, 3.63) is 11.8 Å². The number of likely N-dealkylation sites (tertiary alicyclic amines) is 1. The van der Waals surface area contributed by atoms with Crippen LogP contribution < -0.4 is 0 Å². The molecular weight excluding hydrogens is 254 g/mol. The second-order valence-electron chi connectivity index (χ2n) is 6.33. The van der Waals surface area contributed by atoms with E-state index in [1.54, 1.807) is 7.11 Å². The van der Waals surface area contributed by atoms with Crippen LogP contribution in [0.3, 0.4) is 0 Å². The minimum Gasteiger partial charge on any atom is -0.504 e. The highest BCUT2D eigenvalue weighted by atomic mass is 16.6. The zero-order chi connectivity index (χ0) is 15.3. The molecule has 1 saturated carbocycles. The largest absolute Gasteiger partial charge is 0.504 e. The molecule has 0 aromatic carbocycles. The number of fused-ring (bicyclic) bond motifs is 1. The van der Waals surface area contributed by atoms with Crippen LogP contribution >= 0.6 is 0 Å². The number of rotatable bonds is 1. The van der Waals surface area contributed by atoms with E-state index in [0.29, 0.717) is 11.8 Å². The average Bonchev–Trinajstić information content (AvgIpc) is 2.87. The van der Waals surface area contributed by atoms with Gasteiger partial charge in [-0.2, -0.15) is 0 Å². The molecule has 2 fully saturated rings. The number of methoxy groups -OCH3 is 1. The molecule has 0 spiro atoms. The van der Waals surface area contributed by atoms with Gasteiger partial charge in [-0.25, -0.2) is 4.79 Å². The van der Waals surface area contributed by atoms with Crippen LogP contribution in [0.4, 0.5) is 4.79 Å². The summed E-state index contributed by atoms with van der Waals surface area (Å²) in [4.78, 5) is 13.8. The summed E-state index contributed by atoms with van der Waals surface area (Å²) in [5.41, 5.74) is 0.965. The van der Waals surface area contributed by atoms with Crippen LogP contribution in [0, 0.1) is 11.8 Å². The zero-order valence-corrected chi connectivity index (χ0v) is 13.7. The van der Waals surface area contributed by atoms with Crippen LogP contribution in [0.15, 0.2) is 11.8 Å². The number of allylic oxidation sites excluding steroid dienone is 1. The van der Waals surface area contributed by atoms with Gasteiger partial charge in [0.25, 0.3) is 0 Å². The minimum atomic E-state index is -0.407. The van der Waals surface area contributed by atoms with Crippen molar-refractivity contribution in [1.82, 2.24) is 4.90 Å². The van der Waals surface area contributed by atoms with Gasteiger partial charge in [-0.15, -0.1) is 0 Å². The van der Waals surface area contributed by atoms with Crippen molar-refractivity contribution >= 4 is 6.09 Å². The van der Waals surface area contributed by atoms with Crippen molar-refractivity contribution < 1.29 is 14.3 Å². The third-order valence-corrected chi connectivity index (χ3v) is 3.56. The summed E-state index contributed by atoms with van der Waals surface area (Å²) in [5, 5.41) is 0. The molecule has 0 N–H and O–H groups in total. The van der Waals surface area contributed by atoms with Crippen LogP contribution in [-0.2, 0) is 9.47 Å².